The fourth-order valence-electron chi connectivity index (χ4n) is 1.28. The second-order valence-corrected chi connectivity index (χ2v) is 6.18. The molecule has 0 amide bonds. The SMILES string of the molecule is CC(C)[C@H](N)C(=O)OC1(C#CC(C)(C)C)COC1. The van der Waals surface area contributed by atoms with Gasteiger partial charge in [-0.1, -0.05) is 19.8 Å². The lowest BCUT2D eigenvalue weighted by Gasteiger charge is -2.37. The Bertz CT molecular complexity index is 367. The van der Waals surface area contributed by atoms with Crippen molar-refractivity contribution < 1.29 is 14.3 Å². The van der Waals surface area contributed by atoms with Gasteiger partial charge in [0.25, 0.3) is 0 Å². The third-order valence-corrected chi connectivity index (χ3v) is 2.62. The van der Waals surface area contributed by atoms with E-state index in [1.807, 2.05) is 34.6 Å². The number of esters is 1. The van der Waals surface area contributed by atoms with Crippen molar-refractivity contribution >= 4 is 5.97 Å². The maximum Gasteiger partial charge on any atom is 0.324 e. The lowest BCUT2D eigenvalue weighted by atomic mass is 9.94. The van der Waals surface area contributed by atoms with Gasteiger partial charge in [0.15, 0.2) is 0 Å². The molecule has 0 aromatic carbocycles. The van der Waals surface area contributed by atoms with Crippen LogP contribution >= 0.6 is 0 Å². The molecule has 4 heteroatoms. The first kappa shape index (κ1) is 15.0. The van der Waals surface area contributed by atoms with Gasteiger partial charge in [-0.05, 0) is 32.6 Å². The Morgan fingerprint density at radius 1 is 1.39 bits per heavy atom. The lowest BCUT2D eigenvalue weighted by molar-refractivity contribution is -0.194. The molecule has 1 saturated heterocycles. The van der Waals surface area contributed by atoms with Crippen LogP contribution in [-0.4, -0.2) is 30.8 Å². The van der Waals surface area contributed by atoms with Gasteiger partial charge in [0.1, 0.15) is 19.3 Å². The first-order valence-corrected chi connectivity index (χ1v) is 6.26. The van der Waals surface area contributed by atoms with Crippen LogP contribution in [0.25, 0.3) is 0 Å². The minimum atomic E-state index is -0.795. The highest BCUT2D eigenvalue weighted by Crippen LogP contribution is 2.23. The fourth-order valence-corrected chi connectivity index (χ4v) is 1.28. The van der Waals surface area contributed by atoms with Gasteiger partial charge in [-0.2, -0.15) is 0 Å². The number of carbonyl (C=O) groups is 1. The summed E-state index contributed by atoms with van der Waals surface area (Å²) in [6.45, 7) is 10.4. The minimum Gasteiger partial charge on any atom is -0.440 e. The molecule has 0 spiro atoms. The van der Waals surface area contributed by atoms with E-state index in [0.29, 0.717) is 13.2 Å². The quantitative estimate of drug-likeness (QED) is 0.609. The molecule has 102 valence electrons. The predicted molar refractivity (Wildman–Crippen MR) is 69.7 cm³/mol. The van der Waals surface area contributed by atoms with Crippen LogP contribution in [0.1, 0.15) is 34.6 Å². The molecule has 0 aromatic rings. The number of ether oxygens (including phenoxy) is 2. The Balaban J connectivity index is 2.72. The predicted octanol–water partition coefficient (Wildman–Crippen LogP) is 1.33. The van der Waals surface area contributed by atoms with Gasteiger partial charge in [0.05, 0.1) is 0 Å². The fraction of sp³-hybridized carbons (Fsp3) is 0.786. The Morgan fingerprint density at radius 2 is 1.94 bits per heavy atom. The summed E-state index contributed by atoms with van der Waals surface area (Å²) >= 11 is 0. The van der Waals surface area contributed by atoms with Crippen molar-refractivity contribution in [3.8, 4) is 11.8 Å². The first-order valence-electron chi connectivity index (χ1n) is 6.26. The zero-order valence-electron chi connectivity index (χ0n) is 11.9. The van der Waals surface area contributed by atoms with Gasteiger partial charge in [-0.25, -0.2) is 0 Å². The molecule has 4 nitrogen and oxygen atoms in total. The summed E-state index contributed by atoms with van der Waals surface area (Å²) in [6, 6.07) is -0.612. The van der Waals surface area contributed by atoms with E-state index in [-0.39, 0.29) is 11.3 Å². The lowest BCUT2D eigenvalue weighted by Crippen LogP contribution is -2.54. The maximum atomic E-state index is 11.8. The highest BCUT2D eigenvalue weighted by molar-refractivity contribution is 5.76. The summed E-state index contributed by atoms with van der Waals surface area (Å²) < 4.78 is 10.6. The van der Waals surface area contributed by atoms with Crippen LogP contribution in [0.3, 0.4) is 0 Å². The summed E-state index contributed by atoms with van der Waals surface area (Å²) in [5, 5.41) is 0. The van der Waals surface area contributed by atoms with Gasteiger partial charge >= 0.3 is 5.97 Å². The normalized spacial score (nSPS) is 19.5. The molecular formula is C14H23NO3. The van der Waals surface area contributed by atoms with Crippen molar-refractivity contribution in [3.05, 3.63) is 0 Å². The van der Waals surface area contributed by atoms with Crippen LogP contribution in [0.4, 0.5) is 0 Å². The van der Waals surface area contributed by atoms with Crippen LogP contribution in [0.15, 0.2) is 0 Å². The summed E-state index contributed by atoms with van der Waals surface area (Å²) in [4.78, 5) is 11.8. The molecule has 0 radical (unpaired) electrons. The highest BCUT2D eigenvalue weighted by Gasteiger charge is 2.42. The van der Waals surface area contributed by atoms with E-state index in [1.165, 1.54) is 0 Å². The van der Waals surface area contributed by atoms with E-state index in [4.69, 9.17) is 15.2 Å². The number of nitrogens with two attached hydrogens (primary N) is 1. The molecule has 0 unspecified atom stereocenters. The molecule has 1 heterocycles. The topological polar surface area (TPSA) is 61.6 Å². The Hall–Kier alpha value is -1.05. The average molecular weight is 253 g/mol. The summed E-state index contributed by atoms with van der Waals surface area (Å²) in [5.74, 6) is 5.76. The molecule has 0 aromatic heterocycles. The molecule has 1 rings (SSSR count). The van der Waals surface area contributed by atoms with Crippen LogP contribution in [0, 0.1) is 23.2 Å². The number of hydrogen-bond acceptors (Lipinski definition) is 4. The third-order valence-electron chi connectivity index (χ3n) is 2.62. The Kier molecular flexibility index (Phi) is 4.41. The van der Waals surface area contributed by atoms with E-state index in [1.54, 1.807) is 0 Å². The Labute approximate surface area is 109 Å². The van der Waals surface area contributed by atoms with Crippen LogP contribution in [-0.2, 0) is 14.3 Å². The van der Waals surface area contributed by atoms with E-state index in [9.17, 15) is 4.79 Å². The molecule has 1 aliphatic rings. The van der Waals surface area contributed by atoms with Gasteiger partial charge in [0.2, 0.25) is 5.60 Å². The summed E-state index contributed by atoms with van der Waals surface area (Å²) in [7, 11) is 0. The molecule has 0 aliphatic carbocycles. The van der Waals surface area contributed by atoms with Crippen molar-refractivity contribution in [1.82, 2.24) is 0 Å². The number of carbonyl (C=O) groups excluding carboxylic acids is 1. The monoisotopic (exact) mass is 253 g/mol. The van der Waals surface area contributed by atoms with Crippen molar-refractivity contribution in [1.29, 1.82) is 0 Å². The van der Waals surface area contributed by atoms with Crippen LogP contribution < -0.4 is 5.73 Å². The van der Waals surface area contributed by atoms with Gasteiger partial charge in [-0.15, -0.1) is 0 Å². The van der Waals surface area contributed by atoms with Crippen molar-refractivity contribution in [3.63, 3.8) is 0 Å². The van der Waals surface area contributed by atoms with E-state index < -0.39 is 17.6 Å². The van der Waals surface area contributed by atoms with E-state index >= 15 is 0 Å². The smallest absolute Gasteiger partial charge is 0.324 e. The molecule has 1 fully saturated rings. The number of hydrogen-bond donors (Lipinski definition) is 1. The molecule has 2 N–H and O–H groups in total. The van der Waals surface area contributed by atoms with Crippen molar-refractivity contribution in [2.24, 2.45) is 17.1 Å². The molecule has 0 bridgehead atoms. The maximum absolute atomic E-state index is 11.8. The van der Waals surface area contributed by atoms with Gasteiger partial charge in [-0.3, -0.25) is 4.79 Å². The zero-order valence-corrected chi connectivity index (χ0v) is 11.9. The third kappa shape index (κ3) is 4.01. The second-order valence-electron chi connectivity index (χ2n) is 6.18. The average Bonchev–Trinajstić information content (AvgIpc) is 2.18. The zero-order chi connectivity index (χ0) is 14.0. The Morgan fingerprint density at radius 3 is 2.28 bits per heavy atom. The number of rotatable bonds is 3. The summed E-state index contributed by atoms with van der Waals surface area (Å²) in [5.41, 5.74) is 4.84. The molecule has 1 aliphatic heterocycles. The largest absolute Gasteiger partial charge is 0.440 e. The van der Waals surface area contributed by atoms with Crippen LogP contribution in [0.2, 0.25) is 0 Å². The highest BCUT2D eigenvalue weighted by atomic mass is 16.6. The van der Waals surface area contributed by atoms with E-state index in [2.05, 4.69) is 11.8 Å². The molecule has 1 atom stereocenters. The molecule has 0 saturated carbocycles. The van der Waals surface area contributed by atoms with Crippen molar-refractivity contribution in [2.75, 3.05) is 13.2 Å². The van der Waals surface area contributed by atoms with Gasteiger partial charge < -0.3 is 15.2 Å². The van der Waals surface area contributed by atoms with Crippen molar-refractivity contribution in [2.45, 2.75) is 46.3 Å². The standard InChI is InChI=1S/C14H23NO3/c1-10(2)11(15)12(16)18-14(8-17-9-14)7-6-13(3,4)5/h10-11H,8-9,15H2,1-5H3/t11-/m0/s1. The first-order chi connectivity index (χ1) is 8.15. The van der Waals surface area contributed by atoms with Gasteiger partial charge in [0, 0.05) is 5.41 Å². The summed E-state index contributed by atoms with van der Waals surface area (Å²) in [6.07, 6.45) is 0. The van der Waals surface area contributed by atoms with E-state index in [0.717, 1.165) is 0 Å². The second kappa shape index (κ2) is 5.29. The molecular weight excluding hydrogens is 230 g/mol. The van der Waals surface area contributed by atoms with Crippen LogP contribution in [0.5, 0.6) is 0 Å². The minimum absolute atomic E-state index is 0.0473. The molecule has 18 heavy (non-hydrogen) atoms.